The highest BCUT2D eigenvalue weighted by Gasteiger charge is 2.19. The van der Waals surface area contributed by atoms with Gasteiger partial charge in [-0.2, -0.15) is 5.26 Å². The number of likely N-dealkylation sites (tertiary alicyclic amines) is 1. The van der Waals surface area contributed by atoms with E-state index in [0.29, 0.717) is 11.6 Å². The molecule has 25 heavy (non-hydrogen) atoms. The molecule has 2 heteroatoms. The van der Waals surface area contributed by atoms with Crippen molar-refractivity contribution in [3.05, 3.63) is 71.8 Å². The van der Waals surface area contributed by atoms with E-state index in [1.54, 1.807) is 0 Å². The van der Waals surface area contributed by atoms with E-state index in [1.807, 2.05) is 24.3 Å². The maximum absolute atomic E-state index is 8.93. The number of nitriles is 1. The summed E-state index contributed by atoms with van der Waals surface area (Å²) in [6, 6.07) is 24.1. The highest BCUT2D eigenvalue weighted by molar-refractivity contribution is 5.87. The van der Waals surface area contributed by atoms with Gasteiger partial charge in [-0.05, 0) is 78.0 Å². The van der Waals surface area contributed by atoms with Crippen LogP contribution in [0.3, 0.4) is 0 Å². The second-order valence-corrected chi connectivity index (χ2v) is 7.05. The van der Waals surface area contributed by atoms with Crippen LogP contribution in [0.2, 0.25) is 0 Å². The summed E-state index contributed by atoms with van der Waals surface area (Å²) >= 11 is 0. The molecule has 0 bridgehead atoms. The van der Waals surface area contributed by atoms with Crippen LogP contribution in [0.25, 0.3) is 21.9 Å². The summed E-state index contributed by atoms with van der Waals surface area (Å²) in [4.78, 5) is 2.58. The minimum atomic E-state index is 0.699. The van der Waals surface area contributed by atoms with E-state index in [-0.39, 0.29) is 0 Å². The fourth-order valence-corrected chi connectivity index (χ4v) is 3.77. The average molecular weight is 326 g/mol. The minimum absolute atomic E-state index is 0.699. The third kappa shape index (κ3) is 3.29. The Bertz CT molecular complexity index is 934. The molecular formula is C23H22N2. The van der Waals surface area contributed by atoms with Crippen LogP contribution in [-0.4, -0.2) is 17.5 Å². The van der Waals surface area contributed by atoms with Gasteiger partial charge in [0.05, 0.1) is 11.6 Å². The zero-order chi connectivity index (χ0) is 17.2. The molecule has 3 aromatic rings. The average Bonchev–Trinajstić information content (AvgIpc) is 3.06. The molecule has 0 N–H and O–H groups in total. The third-order valence-corrected chi connectivity index (χ3v) is 5.33. The molecule has 1 heterocycles. The lowest BCUT2D eigenvalue weighted by Gasteiger charge is -2.21. The number of rotatable bonds is 3. The normalized spacial score (nSPS) is 17.7. The molecule has 1 atom stereocenters. The van der Waals surface area contributed by atoms with Gasteiger partial charge in [0.15, 0.2) is 0 Å². The van der Waals surface area contributed by atoms with Crippen molar-refractivity contribution >= 4 is 10.8 Å². The highest BCUT2D eigenvalue weighted by Crippen LogP contribution is 2.27. The van der Waals surface area contributed by atoms with E-state index >= 15 is 0 Å². The first kappa shape index (κ1) is 15.9. The zero-order valence-corrected chi connectivity index (χ0v) is 14.6. The molecular weight excluding hydrogens is 304 g/mol. The van der Waals surface area contributed by atoms with Crippen LogP contribution in [-0.2, 0) is 6.54 Å². The summed E-state index contributed by atoms with van der Waals surface area (Å²) in [5.74, 6) is 0. The van der Waals surface area contributed by atoms with Crippen molar-refractivity contribution in [3.8, 4) is 17.2 Å². The molecule has 1 aliphatic heterocycles. The van der Waals surface area contributed by atoms with Crippen molar-refractivity contribution in [3.63, 3.8) is 0 Å². The number of hydrogen-bond acceptors (Lipinski definition) is 2. The zero-order valence-electron chi connectivity index (χ0n) is 14.6. The summed E-state index contributed by atoms with van der Waals surface area (Å²) in [6.07, 6.45) is 2.64. The molecule has 3 aromatic carbocycles. The molecule has 0 amide bonds. The van der Waals surface area contributed by atoms with Crippen LogP contribution >= 0.6 is 0 Å². The van der Waals surface area contributed by atoms with Crippen LogP contribution in [0.15, 0.2) is 60.7 Å². The van der Waals surface area contributed by atoms with Crippen LogP contribution in [0.5, 0.6) is 0 Å². The van der Waals surface area contributed by atoms with Gasteiger partial charge in [0, 0.05) is 12.6 Å². The van der Waals surface area contributed by atoms with Gasteiger partial charge in [-0.1, -0.05) is 36.4 Å². The van der Waals surface area contributed by atoms with E-state index in [4.69, 9.17) is 5.26 Å². The van der Waals surface area contributed by atoms with Gasteiger partial charge in [-0.3, -0.25) is 4.90 Å². The highest BCUT2D eigenvalue weighted by atomic mass is 15.2. The fourth-order valence-electron chi connectivity index (χ4n) is 3.77. The Balaban J connectivity index is 1.61. The molecule has 1 aliphatic rings. The van der Waals surface area contributed by atoms with Crippen molar-refractivity contribution in [1.29, 1.82) is 5.26 Å². The fraction of sp³-hybridized carbons (Fsp3) is 0.261. The van der Waals surface area contributed by atoms with Crippen molar-refractivity contribution < 1.29 is 0 Å². The molecule has 0 spiro atoms. The largest absolute Gasteiger partial charge is 0.296 e. The first-order chi connectivity index (χ1) is 12.2. The molecule has 0 aliphatic carbocycles. The van der Waals surface area contributed by atoms with Gasteiger partial charge >= 0.3 is 0 Å². The van der Waals surface area contributed by atoms with Crippen molar-refractivity contribution in [2.75, 3.05) is 6.54 Å². The van der Waals surface area contributed by atoms with E-state index in [2.05, 4.69) is 54.3 Å². The molecule has 124 valence electrons. The standard InChI is InChI=1S/C23H22N2/c1-17-3-2-12-25(17)16-19-6-9-23-14-22(11-10-21(23)13-19)20-7-4-18(15-24)5-8-20/h4-11,13-14,17H,2-3,12,16H2,1H3/t17-/m0/s1. The Morgan fingerprint density at radius 2 is 1.68 bits per heavy atom. The minimum Gasteiger partial charge on any atom is -0.296 e. The summed E-state index contributed by atoms with van der Waals surface area (Å²) in [5, 5.41) is 11.5. The predicted octanol–water partition coefficient (Wildman–Crippen LogP) is 5.36. The topological polar surface area (TPSA) is 27.0 Å². The Morgan fingerprint density at radius 1 is 0.960 bits per heavy atom. The third-order valence-electron chi connectivity index (χ3n) is 5.33. The van der Waals surface area contributed by atoms with Crippen LogP contribution in [0.1, 0.15) is 30.9 Å². The number of hydrogen-bond donors (Lipinski definition) is 0. The lowest BCUT2D eigenvalue weighted by atomic mass is 9.99. The molecule has 4 rings (SSSR count). The molecule has 0 radical (unpaired) electrons. The Hall–Kier alpha value is -2.63. The van der Waals surface area contributed by atoms with Gasteiger partial charge in [-0.25, -0.2) is 0 Å². The Kier molecular flexibility index (Phi) is 4.26. The second-order valence-electron chi connectivity index (χ2n) is 7.05. The first-order valence-corrected chi connectivity index (χ1v) is 9.00. The lowest BCUT2D eigenvalue weighted by Crippen LogP contribution is -2.26. The number of fused-ring (bicyclic) bond motifs is 1. The Morgan fingerprint density at radius 3 is 2.40 bits per heavy atom. The van der Waals surface area contributed by atoms with E-state index < -0.39 is 0 Å². The molecule has 1 saturated heterocycles. The summed E-state index contributed by atoms with van der Waals surface area (Å²) in [6.45, 7) is 4.60. The van der Waals surface area contributed by atoms with E-state index in [0.717, 1.165) is 12.1 Å². The summed E-state index contributed by atoms with van der Waals surface area (Å²) in [7, 11) is 0. The molecule has 0 saturated carbocycles. The Labute approximate surface area is 149 Å². The summed E-state index contributed by atoms with van der Waals surface area (Å²) < 4.78 is 0. The van der Waals surface area contributed by atoms with Crippen LogP contribution < -0.4 is 0 Å². The lowest BCUT2D eigenvalue weighted by molar-refractivity contribution is 0.260. The predicted molar refractivity (Wildman–Crippen MR) is 103 cm³/mol. The van der Waals surface area contributed by atoms with E-state index in [9.17, 15) is 0 Å². The molecule has 0 unspecified atom stereocenters. The van der Waals surface area contributed by atoms with Gasteiger partial charge in [0.25, 0.3) is 0 Å². The van der Waals surface area contributed by atoms with Gasteiger partial charge in [-0.15, -0.1) is 0 Å². The van der Waals surface area contributed by atoms with Gasteiger partial charge in [0.2, 0.25) is 0 Å². The second kappa shape index (κ2) is 6.70. The molecule has 2 nitrogen and oxygen atoms in total. The van der Waals surface area contributed by atoms with Gasteiger partial charge in [0.1, 0.15) is 0 Å². The SMILES string of the molecule is C[C@H]1CCCN1Cc1ccc2cc(-c3ccc(C#N)cc3)ccc2c1. The monoisotopic (exact) mass is 326 g/mol. The summed E-state index contributed by atoms with van der Waals surface area (Å²) in [5.41, 5.74) is 4.44. The molecule has 0 aromatic heterocycles. The van der Waals surface area contributed by atoms with E-state index in [1.165, 1.54) is 41.3 Å². The molecule has 1 fully saturated rings. The maximum atomic E-state index is 8.93. The maximum Gasteiger partial charge on any atom is 0.0991 e. The van der Waals surface area contributed by atoms with Crippen LogP contribution in [0.4, 0.5) is 0 Å². The number of benzene rings is 3. The van der Waals surface area contributed by atoms with Crippen molar-refractivity contribution in [2.24, 2.45) is 0 Å². The quantitative estimate of drug-likeness (QED) is 0.647. The van der Waals surface area contributed by atoms with Crippen LogP contribution in [0, 0.1) is 11.3 Å². The van der Waals surface area contributed by atoms with Crippen molar-refractivity contribution in [1.82, 2.24) is 4.90 Å². The smallest absolute Gasteiger partial charge is 0.0991 e. The van der Waals surface area contributed by atoms with Crippen molar-refractivity contribution in [2.45, 2.75) is 32.4 Å². The van der Waals surface area contributed by atoms with Gasteiger partial charge < -0.3 is 0 Å². The first-order valence-electron chi connectivity index (χ1n) is 9.00. The number of nitrogens with zero attached hydrogens (tertiary/aromatic N) is 2.